The van der Waals surface area contributed by atoms with Gasteiger partial charge in [-0.3, -0.25) is 9.59 Å². The number of amides is 2. The summed E-state index contributed by atoms with van der Waals surface area (Å²) in [7, 11) is 1.25. The zero-order valence-electron chi connectivity index (χ0n) is 22.4. The van der Waals surface area contributed by atoms with Gasteiger partial charge in [0.05, 0.1) is 32.5 Å². The molecule has 1 fully saturated rings. The summed E-state index contributed by atoms with van der Waals surface area (Å²) < 4.78 is 27.1. The third kappa shape index (κ3) is 7.28. The van der Waals surface area contributed by atoms with E-state index in [0.717, 1.165) is 21.6 Å². The lowest BCUT2D eigenvalue weighted by molar-refractivity contribution is -0.137. The number of nitrogens with zero attached hydrogens (tertiary/aromatic N) is 1. The molecule has 10 nitrogen and oxygen atoms in total. The highest BCUT2D eigenvalue weighted by molar-refractivity contribution is 6.14. The second-order valence-electron chi connectivity index (χ2n) is 9.45. The first-order chi connectivity index (χ1) is 18.3. The second-order valence-corrected chi connectivity index (χ2v) is 9.45. The minimum atomic E-state index is -1.55. The molecule has 0 saturated carbocycles. The van der Waals surface area contributed by atoms with Crippen molar-refractivity contribution in [3.05, 3.63) is 47.4 Å². The zero-order valence-corrected chi connectivity index (χ0v) is 22.4. The number of ketones is 1. The quantitative estimate of drug-likeness (QED) is 0.209. The van der Waals surface area contributed by atoms with Crippen molar-refractivity contribution in [3.63, 3.8) is 0 Å². The number of aliphatic hydroxyl groups excluding tert-OH is 1. The molecule has 2 atom stereocenters. The molecule has 1 N–H and O–H groups in total. The fourth-order valence-corrected chi connectivity index (χ4v) is 4.27. The predicted octanol–water partition coefficient (Wildman–Crippen LogP) is 3.41. The molecule has 0 aliphatic carbocycles. The van der Waals surface area contributed by atoms with Crippen molar-refractivity contribution in [2.24, 2.45) is 5.92 Å². The molecule has 1 aromatic heterocycles. The van der Waals surface area contributed by atoms with Gasteiger partial charge in [0.1, 0.15) is 12.4 Å². The highest BCUT2D eigenvalue weighted by Crippen LogP contribution is 2.31. The largest absolute Gasteiger partial charge is 0.457 e. The van der Waals surface area contributed by atoms with Crippen LogP contribution in [0.3, 0.4) is 0 Å². The summed E-state index contributed by atoms with van der Waals surface area (Å²) >= 11 is 0. The normalized spacial score (nSPS) is 16.2. The minimum absolute atomic E-state index is 0.0244. The van der Waals surface area contributed by atoms with Gasteiger partial charge < -0.3 is 28.5 Å². The summed E-state index contributed by atoms with van der Waals surface area (Å²) in [6.07, 6.45) is -1.21. The molecule has 0 unspecified atom stereocenters. The molecule has 0 spiro atoms. The smallest absolute Gasteiger partial charge is 0.417 e. The molecular formula is C28H37NO9. The number of carbonyl (C=O) groups is 3. The average molecular weight is 532 g/mol. The molecular weight excluding hydrogens is 494 g/mol. The molecule has 208 valence electrons. The number of imide groups is 1. The fourth-order valence-electron chi connectivity index (χ4n) is 4.27. The molecule has 2 heterocycles. The van der Waals surface area contributed by atoms with Crippen molar-refractivity contribution in [1.82, 2.24) is 4.90 Å². The summed E-state index contributed by atoms with van der Waals surface area (Å²) in [5.74, 6) is -0.932. The van der Waals surface area contributed by atoms with Crippen LogP contribution in [0.4, 0.5) is 4.79 Å². The molecule has 3 rings (SSSR count). The van der Waals surface area contributed by atoms with E-state index in [2.05, 4.69) is 0 Å². The van der Waals surface area contributed by atoms with Gasteiger partial charge >= 0.3 is 6.09 Å². The Bertz CT molecular complexity index is 1090. The number of hydrogen-bond donors (Lipinski definition) is 1. The van der Waals surface area contributed by atoms with Crippen LogP contribution in [-0.2, 0) is 30.2 Å². The number of rotatable bonds is 15. The number of aryl methyl sites for hydroxylation is 2. The number of furan rings is 1. The Labute approximate surface area is 222 Å². The maximum Gasteiger partial charge on any atom is 0.417 e. The SMILES string of the molecule is CO[C@@H](C(=O)c1cc(-c2cccc(C)c2)c(CCCOCCOCCO)o1)C(=O)N1C(=O)OC[C@@H]1C(C)C. The van der Waals surface area contributed by atoms with Gasteiger partial charge in [-0.2, -0.15) is 0 Å². The van der Waals surface area contributed by atoms with E-state index in [1.807, 2.05) is 45.0 Å². The van der Waals surface area contributed by atoms with Crippen LogP contribution in [0.5, 0.6) is 0 Å². The fraction of sp³-hybridized carbons (Fsp3) is 0.536. The Balaban J connectivity index is 1.78. The number of cyclic esters (lactones) is 1. The van der Waals surface area contributed by atoms with Crippen LogP contribution in [-0.4, -0.2) is 86.7 Å². The van der Waals surface area contributed by atoms with Crippen LogP contribution < -0.4 is 0 Å². The molecule has 2 amide bonds. The van der Waals surface area contributed by atoms with Crippen LogP contribution in [0.25, 0.3) is 11.1 Å². The zero-order chi connectivity index (χ0) is 27.7. The van der Waals surface area contributed by atoms with Crippen LogP contribution in [0.2, 0.25) is 0 Å². The molecule has 1 aliphatic rings. The number of hydrogen-bond acceptors (Lipinski definition) is 9. The molecule has 38 heavy (non-hydrogen) atoms. The number of methoxy groups -OCH3 is 1. The van der Waals surface area contributed by atoms with Crippen molar-refractivity contribution < 1.29 is 42.9 Å². The second kappa shape index (κ2) is 14.2. The van der Waals surface area contributed by atoms with E-state index in [1.165, 1.54) is 7.11 Å². The molecule has 0 bridgehead atoms. The lowest BCUT2D eigenvalue weighted by Crippen LogP contribution is -2.49. The summed E-state index contributed by atoms with van der Waals surface area (Å²) in [5.41, 5.74) is 2.67. The molecule has 1 saturated heterocycles. The van der Waals surface area contributed by atoms with E-state index in [0.29, 0.717) is 38.4 Å². The lowest BCUT2D eigenvalue weighted by Gasteiger charge is -2.25. The van der Waals surface area contributed by atoms with Gasteiger partial charge in [-0.15, -0.1) is 0 Å². The minimum Gasteiger partial charge on any atom is -0.457 e. The first-order valence-electron chi connectivity index (χ1n) is 12.8. The Hall–Kier alpha value is -3.05. The third-order valence-corrected chi connectivity index (χ3v) is 6.29. The Morgan fingerprint density at radius 1 is 1.13 bits per heavy atom. The van der Waals surface area contributed by atoms with Gasteiger partial charge in [0.2, 0.25) is 11.9 Å². The van der Waals surface area contributed by atoms with Crippen molar-refractivity contribution in [2.45, 2.75) is 45.8 Å². The van der Waals surface area contributed by atoms with Crippen molar-refractivity contribution in [3.8, 4) is 11.1 Å². The van der Waals surface area contributed by atoms with Crippen LogP contribution in [0.15, 0.2) is 34.7 Å². The average Bonchev–Trinajstić information content (AvgIpc) is 3.50. The van der Waals surface area contributed by atoms with Crippen LogP contribution >= 0.6 is 0 Å². The van der Waals surface area contributed by atoms with Gasteiger partial charge in [-0.1, -0.05) is 43.7 Å². The van der Waals surface area contributed by atoms with E-state index >= 15 is 0 Å². The molecule has 1 aliphatic heterocycles. The van der Waals surface area contributed by atoms with E-state index in [4.69, 9.17) is 28.5 Å². The standard InChI is InChI=1S/C28H37NO9/c1-18(2)22-17-37-28(33)29(22)27(32)26(34-4)25(31)24-16-21(20-8-5-7-19(3)15-20)23(38-24)9-6-11-35-13-14-36-12-10-30/h5,7-8,15-16,18,22,26,30H,6,9-14,17H2,1-4H3/t22-,26+/m1/s1. The monoisotopic (exact) mass is 531 g/mol. The van der Waals surface area contributed by atoms with Crippen LogP contribution in [0, 0.1) is 12.8 Å². The topological polar surface area (TPSA) is 125 Å². The number of ether oxygens (including phenoxy) is 4. The first-order valence-corrected chi connectivity index (χ1v) is 12.8. The van der Waals surface area contributed by atoms with Gasteiger partial charge in [-0.05, 0) is 30.9 Å². The van der Waals surface area contributed by atoms with Crippen molar-refractivity contribution in [1.29, 1.82) is 0 Å². The number of aliphatic hydroxyl groups is 1. The van der Waals surface area contributed by atoms with E-state index in [-0.39, 0.29) is 31.5 Å². The van der Waals surface area contributed by atoms with Gasteiger partial charge in [0.25, 0.3) is 5.91 Å². The van der Waals surface area contributed by atoms with E-state index in [9.17, 15) is 14.4 Å². The van der Waals surface area contributed by atoms with Gasteiger partial charge in [-0.25, -0.2) is 9.69 Å². The third-order valence-electron chi connectivity index (χ3n) is 6.29. The number of benzene rings is 1. The van der Waals surface area contributed by atoms with Crippen molar-refractivity contribution in [2.75, 3.05) is 46.8 Å². The number of Topliss-reactive ketones (excluding diaryl/α,β-unsaturated/α-hetero) is 1. The molecule has 2 aromatic rings. The maximum absolute atomic E-state index is 13.4. The van der Waals surface area contributed by atoms with E-state index in [1.54, 1.807) is 6.07 Å². The Kier molecular flexibility index (Phi) is 11.0. The molecule has 10 heteroatoms. The molecule has 0 radical (unpaired) electrons. The maximum atomic E-state index is 13.4. The highest BCUT2D eigenvalue weighted by atomic mass is 16.6. The summed E-state index contributed by atoms with van der Waals surface area (Å²) in [4.78, 5) is 40.0. The van der Waals surface area contributed by atoms with Crippen molar-refractivity contribution >= 4 is 17.8 Å². The van der Waals surface area contributed by atoms with Crippen LogP contribution in [0.1, 0.15) is 42.1 Å². The van der Waals surface area contributed by atoms with Gasteiger partial charge in [0, 0.05) is 25.7 Å². The summed E-state index contributed by atoms with van der Waals surface area (Å²) in [6, 6.07) is 8.95. The molecule has 1 aromatic carbocycles. The summed E-state index contributed by atoms with van der Waals surface area (Å²) in [6.45, 7) is 7.28. The number of carbonyl (C=O) groups excluding carboxylic acids is 3. The van der Waals surface area contributed by atoms with E-state index < -0.39 is 29.9 Å². The predicted molar refractivity (Wildman–Crippen MR) is 138 cm³/mol. The lowest BCUT2D eigenvalue weighted by atomic mass is 10.0. The summed E-state index contributed by atoms with van der Waals surface area (Å²) in [5, 5.41) is 8.74. The highest BCUT2D eigenvalue weighted by Gasteiger charge is 2.45. The Morgan fingerprint density at radius 2 is 1.87 bits per heavy atom. The van der Waals surface area contributed by atoms with Gasteiger partial charge in [0.15, 0.2) is 5.76 Å². The first kappa shape index (κ1) is 29.5. The Morgan fingerprint density at radius 3 is 2.53 bits per heavy atom.